The fraction of sp³-hybridized carbons (Fsp3) is 0.455. The molecule has 0 spiro atoms. The Morgan fingerprint density at radius 2 is 2.12 bits per heavy atom. The molecule has 0 saturated carbocycles. The van der Waals surface area contributed by atoms with Gasteiger partial charge >= 0.3 is 0 Å². The molecule has 0 amide bonds. The fourth-order valence-corrected chi connectivity index (χ4v) is 2.07. The summed E-state index contributed by atoms with van der Waals surface area (Å²) >= 11 is 0. The Kier molecular flexibility index (Phi) is 5.07. The standard InChI is InChI=1S/C11H19N3O2S/c1-9(14-7-3-6-12)10-4-2-5-11(8-10)17(13,15)16/h2,4-5,8-9,14H,3,6-7,12H2,1H3,(H2,13,15,16). The summed E-state index contributed by atoms with van der Waals surface area (Å²) < 4.78 is 22.4. The Hall–Kier alpha value is -0.950. The van der Waals surface area contributed by atoms with Crippen molar-refractivity contribution < 1.29 is 8.42 Å². The van der Waals surface area contributed by atoms with Crippen molar-refractivity contribution in [3.05, 3.63) is 29.8 Å². The Labute approximate surface area is 102 Å². The summed E-state index contributed by atoms with van der Waals surface area (Å²) in [4.78, 5) is 0.141. The van der Waals surface area contributed by atoms with Crippen LogP contribution in [0.25, 0.3) is 0 Å². The minimum absolute atomic E-state index is 0.0725. The van der Waals surface area contributed by atoms with Crippen LogP contribution in [0.3, 0.4) is 0 Å². The Morgan fingerprint density at radius 1 is 1.41 bits per heavy atom. The molecular formula is C11H19N3O2S. The van der Waals surface area contributed by atoms with Gasteiger partial charge in [0.15, 0.2) is 0 Å². The van der Waals surface area contributed by atoms with Gasteiger partial charge in [0, 0.05) is 6.04 Å². The van der Waals surface area contributed by atoms with Crippen LogP contribution in [-0.2, 0) is 10.0 Å². The maximum atomic E-state index is 11.2. The Morgan fingerprint density at radius 3 is 2.71 bits per heavy atom. The lowest BCUT2D eigenvalue weighted by atomic mass is 10.1. The van der Waals surface area contributed by atoms with Crippen molar-refractivity contribution >= 4 is 10.0 Å². The largest absolute Gasteiger partial charge is 0.330 e. The van der Waals surface area contributed by atoms with E-state index in [0.29, 0.717) is 6.54 Å². The van der Waals surface area contributed by atoms with E-state index in [4.69, 9.17) is 10.9 Å². The molecule has 0 aliphatic rings. The number of primary sulfonamides is 1. The third-order valence-corrected chi connectivity index (χ3v) is 3.43. The average Bonchev–Trinajstić information content (AvgIpc) is 2.28. The van der Waals surface area contributed by atoms with Gasteiger partial charge in [-0.1, -0.05) is 12.1 Å². The summed E-state index contributed by atoms with van der Waals surface area (Å²) in [5, 5.41) is 8.35. The van der Waals surface area contributed by atoms with Gasteiger partial charge in [0.25, 0.3) is 0 Å². The summed E-state index contributed by atoms with van der Waals surface area (Å²) in [6, 6.07) is 6.72. The predicted molar refractivity (Wildman–Crippen MR) is 67.9 cm³/mol. The minimum Gasteiger partial charge on any atom is -0.330 e. The number of hydrogen-bond donors (Lipinski definition) is 3. The van der Waals surface area contributed by atoms with Crippen LogP contribution in [0.2, 0.25) is 0 Å². The molecule has 0 aliphatic carbocycles. The molecule has 5 N–H and O–H groups in total. The van der Waals surface area contributed by atoms with Gasteiger partial charge in [0.2, 0.25) is 10.0 Å². The summed E-state index contributed by atoms with van der Waals surface area (Å²) in [5.41, 5.74) is 6.30. The number of hydrogen-bond acceptors (Lipinski definition) is 4. The molecule has 0 aliphatic heterocycles. The van der Waals surface area contributed by atoms with Crippen molar-refractivity contribution in [2.75, 3.05) is 13.1 Å². The lowest BCUT2D eigenvalue weighted by Crippen LogP contribution is -2.22. The first-order chi connectivity index (χ1) is 7.95. The van der Waals surface area contributed by atoms with Crippen LogP contribution in [0.15, 0.2) is 29.2 Å². The van der Waals surface area contributed by atoms with Crippen molar-refractivity contribution in [1.29, 1.82) is 0 Å². The maximum Gasteiger partial charge on any atom is 0.238 e. The monoisotopic (exact) mass is 257 g/mol. The minimum atomic E-state index is -3.63. The van der Waals surface area contributed by atoms with E-state index in [1.54, 1.807) is 12.1 Å². The molecule has 1 aromatic carbocycles. The molecule has 1 unspecified atom stereocenters. The quantitative estimate of drug-likeness (QED) is 0.640. The van der Waals surface area contributed by atoms with E-state index in [1.165, 1.54) is 6.07 Å². The molecule has 1 rings (SSSR count). The molecule has 17 heavy (non-hydrogen) atoms. The first-order valence-electron chi connectivity index (χ1n) is 5.51. The highest BCUT2D eigenvalue weighted by Crippen LogP contribution is 2.16. The van der Waals surface area contributed by atoms with Gasteiger partial charge in [-0.3, -0.25) is 0 Å². The van der Waals surface area contributed by atoms with E-state index in [0.717, 1.165) is 18.5 Å². The number of nitrogens with two attached hydrogens (primary N) is 2. The number of rotatable bonds is 6. The number of nitrogens with one attached hydrogen (secondary N) is 1. The van der Waals surface area contributed by atoms with Gasteiger partial charge in [-0.25, -0.2) is 13.6 Å². The van der Waals surface area contributed by atoms with Gasteiger partial charge < -0.3 is 11.1 Å². The van der Waals surface area contributed by atoms with Crippen molar-refractivity contribution in [2.24, 2.45) is 10.9 Å². The molecule has 0 saturated heterocycles. The molecule has 6 heteroatoms. The fourth-order valence-electron chi connectivity index (χ4n) is 1.50. The van der Waals surface area contributed by atoms with Crippen molar-refractivity contribution in [3.63, 3.8) is 0 Å². The van der Waals surface area contributed by atoms with Crippen LogP contribution >= 0.6 is 0 Å². The summed E-state index contributed by atoms with van der Waals surface area (Å²) in [5.74, 6) is 0. The van der Waals surface area contributed by atoms with Crippen LogP contribution in [-0.4, -0.2) is 21.5 Å². The molecule has 0 fully saturated rings. The van der Waals surface area contributed by atoms with Crippen LogP contribution < -0.4 is 16.2 Å². The van der Waals surface area contributed by atoms with Crippen molar-refractivity contribution in [2.45, 2.75) is 24.3 Å². The topological polar surface area (TPSA) is 98.2 Å². The molecule has 0 radical (unpaired) electrons. The lowest BCUT2D eigenvalue weighted by molar-refractivity contribution is 0.560. The van der Waals surface area contributed by atoms with Gasteiger partial charge in [0.05, 0.1) is 4.90 Å². The molecule has 0 bridgehead atoms. The highest BCUT2D eigenvalue weighted by Gasteiger charge is 2.10. The zero-order chi connectivity index (χ0) is 12.9. The highest BCUT2D eigenvalue weighted by molar-refractivity contribution is 7.89. The van der Waals surface area contributed by atoms with Crippen molar-refractivity contribution in [1.82, 2.24) is 5.32 Å². The third kappa shape index (κ3) is 4.43. The second-order valence-electron chi connectivity index (χ2n) is 3.94. The average molecular weight is 257 g/mol. The predicted octanol–water partition coefficient (Wildman–Crippen LogP) is 0.333. The zero-order valence-electron chi connectivity index (χ0n) is 9.89. The van der Waals surface area contributed by atoms with E-state index in [2.05, 4.69) is 5.32 Å². The molecule has 1 aromatic rings. The van der Waals surface area contributed by atoms with E-state index >= 15 is 0 Å². The van der Waals surface area contributed by atoms with Gasteiger partial charge in [-0.2, -0.15) is 0 Å². The maximum absolute atomic E-state index is 11.2. The third-order valence-electron chi connectivity index (χ3n) is 2.52. The van der Waals surface area contributed by atoms with Crippen LogP contribution in [0.5, 0.6) is 0 Å². The molecule has 1 atom stereocenters. The van der Waals surface area contributed by atoms with Crippen LogP contribution in [0.1, 0.15) is 24.9 Å². The zero-order valence-corrected chi connectivity index (χ0v) is 10.7. The number of benzene rings is 1. The molecular weight excluding hydrogens is 238 g/mol. The van der Waals surface area contributed by atoms with Crippen LogP contribution in [0, 0.1) is 0 Å². The normalized spacial score (nSPS) is 13.6. The van der Waals surface area contributed by atoms with Gasteiger partial charge in [0.1, 0.15) is 0 Å². The Balaban J connectivity index is 2.78. The first kappa shape index (κ1) is 14.1. The smallest absolute Gasteiger partial charge is 0.238 e. The summed E-state index contributed by atoms with van der Waals surface area (Å²) in [6.45, 7) is 3.41. The second kappa shape index (κ2) is 6.11. The molecule has 96 valence electrons. The number of sulfonamides is 1. The van der Waals surface area contributed by atoms with E-state index in [1.807, 2.05) is 13.0 Å². The summed E-state index contributed by atoms with van der Waals surface area (Å²) in [6.07, 6.45) is 0.888. The summed E-state index contributed by atoms with van der Waals surface area (Å²) in [7, 11) is -3.63. The molecule has 5 nitrogen and oxygen atoms in total. The van der Waals surface area contributed by atoms with Gasteiger partial charge in [-0.15, -0.1) is 0 Å². The van der Waals surface area contributed by atoms with E-state index < -0.39 is 10.0 Å². The van der Waals surface area contributed by atoms with E-state index in [9.17, 15) is 8.42 Å². The van der Waals surface area contributed by atoms with E-state index in [-0.39, 0.29) is 10.9 Å². The molecule has 0 aromatic heterocycles. The first-order valence-corrected chi connectivity index (χ1v) is 7.06. The SMILES string of the molecule is CC(NCCCN)c1cccc(S(N)(=O)=O)c1. The lowest BCUT2D eigenvalue weighted by Gasteiger charge is -2.14. The van der Waals surface area contributed by atoms with Crippen molar-refractivity contribution in [3.8, 4) is 0 Å². The van der Waals surface area contributed by atoms with Gasteiger partial charge in [-0.05, 0) is 44.1 Å². The molecule has 0 heterocycles. The second-order valence-corrected chi connectivity index (χ2v) is 5.50. The Bertz CT molecular complexity index is 460. The van der Waals surface area contributed by atoms with Crippen LogP contribution in [0.4, 0.5) is 0 Å². The highest BCUT2D eigenvalue weighted by atomic mass is 32.2.